The van der Waals surface area contributed by atoms with Crippen molar-refractivity contribution in [1.29, 1.82) is 0 Å². The van der Waals surface area contributed by atoms with Gasteiger partial charge in [0, 0.05) is 6.07 Å². The van der Waals surface area contributed by atoms with Gasteiger partial charge in [0.25, 0.3) is 5.69 Å². The van der Waals surface area contributed by atoms with Gasteiger partial charge >= 0.3 is 0 Å². The third-order valence-corrected chi connectivity index (χ3v) is 3.95. The van der Waals surface area contributed by atoms with Gasteiger partial charge in [-0.05, 0) is 30.4 Å². The molecule has 1 unspecified atom stereocenters. The molecule has 0 saturated heterocycles. The van der Waals surface area contributed by atoms with Gasteiger partial charge in [0.15, 0.2) is 11.6 Å². The molecule has 0 spiro atoms. The Labute approximate surface area is 141 Å². The molecule has 5 heteroatoms. The van der Waals surface area contributed by atoms with Crippen LogP contribution in [0.15, 0.2) is 42.5 Å². The van der Waals surface area contributed by atoms with Crippen molar-refractivity contribution in [3.8, 4) is 5.75 Å². The molecule has 0 amide bonds. The first-order valence-electron chi connectivity index (χ1n) is 8.01. The summed E-state index contributed by atoms with van der Waals surface area (Å²) in [5.41, 5.74) is 0.795. The highest BCUT2D eigenvalue weighted by Gasteiger charge is 2.27. The Bertz CT molecular complexity index is 689. The molecule has 2 rings (SSSR count). The number of hydrogen-bond donors (Lipinski definition) is 0. The van der Waals surface area contributed by atoms with E-state index in [0.717, 1.165) is 12.0 Å². The van der Waals surface area contributed by atoms with E-state index in [2.05, 4.69) is 6.92 Å². The monoisotopic (exact) mass is 330 g/mol. The molecule has 2 aromatic rings. The van der Waals surface area contributed by atoms with E-state index in [1.165, 1.54) is 12.1 Å². The summed E-state index contributed by atoms with van der Waals surface area (Å²) in [4.78, 5) is 10.7. The summed E-state index contributed by atoms with van der Waals surface area (Å²) in [5.74, 6) is -0.910. The lowest BCUT2D eigenvalue weighted by atomic mass is 9.90. The fraction of sp³-hybridized carbons (Fsp3) is 0.316. The summed E-state index contributed by atoms with van der Waals surface area (Å²) in [5, 5.41) is 11.3. The van der Waals surface area contributed by atoms with E-state index in [1.807, 2.05) is 37.3 Å². The molecule has 0 bridgehead atoms. The van der Waals surface area contributed by atoms with E-state index < -0.39 is 10.7 Å². The average molecular weight is 330 g/mol. The highest BCUT2D eigenvalue weighted by molar-refractivity contribution is 5.49. The zero-order valence-electron chi connectivity index (χ0n) is 13.7. The highest BCUT2D eigenvalue weighted by Crippen LogP contribution is 2.38. The van der Waals surface area contributed by atoms with Crippen LogP contribution in [0.3, 0.4) is 0 Å². The van der Waals surface area contributed by atoms with Gasteiger partial charge in [-0.1, -0.05) is 50.6 Å². The van der Waals surface area contributed by atoms with Crippen LogP contribution >= 0.6 is 0 Å². The number of halogens is 1. The molecule has 0 saturated carbocycles. The third kappa shape index (κ3) is 4.10. The SMILES string of the molecule is [CH2]CC(CCC)c1c([N+](=O)[O-])ccc(OCc2ccccc2)c1F. The predicted molar refractivity (Wildman–Crippen MR) is 91.5 cm³/mol. The van der Waals surface area contributed by atoms with Gasteiger partial charge in [-0.3, -0.25) is 10.1 Å². The summed E-state index contributed by atoms with van der Waals surface area (Å²) in [6.07, 6.45) is 1.84. The smallest absolute Gasteiger partial charge is 0.276 e. The van der Waals surface area contributed by atoms with Crippen molar-refractivity contribution in [2.75, 3.05) is 0 Å². The minimum absolute atomic E-state index is 0.0361. The van der Waals surface area contributed by atoms with Crippen LogP contribution in [-0.2, 0) is 6.61 Å². The molecule has 0 aliphatic rings. The Balaban J connectivity index is 2.34. The summed E-state index contributed by atoms with van der Waals surface area (Å²) in [6, 6.07) is 12.0. The van der Waals surface area contributed by atoms with Gasteiger partial charge in [-0.25, -0.2) is 4.39 Å². The molecule has 0 fully saturated rings. The molecule has 127 valence electrons. The Morgan fingerprint density at radius 3 is 2.54 bits per heavy atom. The Morgan fingerprint density at radius 2 is 1.96 bits per heavy atom. The fourth-order valence-corrected chi connectivity index (χ4v) is 2.74. The van der Waals surface area contributed by atoms with Crippen LogP contribution in [0, 0.1) is 22.9 Å². The minimum atomic E-state index is -0.651. The van der Waals surface area contributed by atoms with Gasteiger partial charge in [0.1, 0.15) is 6.61 Å². The Morgan fingerprint density at radius 1 is 1.25 bits per heavy atom. The molecule has 4 nitrogen and oxygen atoms in total. The number of hydrogen-bond acceptors (Lipinski definition) is 3. The van der Waals surface area contributed by atoms with Crippen molar-refractivity contribution < 1.29 is 14.1 Å². The minimum Gasteiger partial charge on any atom is -0.486 e. The zero-order valence-corrected chi connectivity index (χ0v) is 13.7. The zero-order chi connectivity index (χ0) is 17.5. The van der Waals surface area contributed by atoms with E-state index in [1.54, 1.807) is 0 Å². The van der Waals surface area contributed by atoms with E-state index >= 15 is 0 Å². The van der Waals surface area contributed by atoms with E-state index in [9.17, 15) is 14.5 Å². The number of rotatable bonds is 8. The van der Waals surface area contributed by atoms with Crippen LogP contribution < -0.4 is 4.74 Å². The van der Waals surface area contributed by atoms with Crippen molar-refractivity contribution in [2.24, 2.45) is 0 Å². The second-order valence-electron chi connectivity index (χ2n) is 5.62. The standard InChI is InChI=1S/C19H21FNO3/c1-3-8-15(4-2)18-16(21(22)23)11-12-17(19(18)20)24-13-14-9-6-5-7-10-14/h5-7,9-12,15H,2-4,8,13H2,1H3. The topological polar surface area (TPSA) is 52.4 Å². The Hall–Kier alpha value is -2.43. The summed E-state index contributed by atoms with van der Waals surface area (Å²) >= 11 is 0. The fourth-order valence-electron chi connectivity index (χ4n) is 2.74. The van der Waals surface area contributed by atoms with Gasteiger partial charge in [0.05, 0.1) is 10.5 Å². The Kier molecular flexibility index (Phi) is 6.29. The van der Waals surface area contributed by atoms with Gasteiger partial charge < -0.3 is 4.74 Å². The second-order valence-corrected chi connectivity index (χ2v) is 5.62. The van der Waals surface area contributed by atoms with Crippen molar-refractivity contribution in [3.63, 3.8) is 0 Å². The summed E-state index contributed by atoms with van der Waals surface area (Å²) in [7, 11) is 0. The van der Waals surface area contributed by atoms with Gasteiger partial charge in [-0.15, -0.1) is 0 Å². The molecule has 1 radical (unpaired) electrons. The van der Waals surface area contributed by atoms with Gasteiger partial charge in [0.2, 0.25) is 0 Å². The van der Waals surface area contributed by atoms with Crippen LogP contribution in [0.1, 0.15) is 43.2 Å². The van der Waals surface area contributed by atoms with Crippen LogP contribution in [0.4, 0.5) is 10.1 Å². The highest BCUT2D eigenvalue weighted by atomic mass is 19.1. The quantitative estimate of drug-likeness (QED) is 0.479. The molecule has 2 aromatic carbocycles. The van der Waals surface area contributed by atoms with E-state index in [4.69, 9.17) is 4.74 Å². The largest absolute Gasteiger partial charge is 0.486 e. The number of benzene rings is 2. The summed E-state index contributed by atoms with van der Waals surface area (Å²) in [6.45, 7) is 5.98. The van der Waals surface area contributed by atoms with Crippen LogP contribution in [0.2, 0.25) is 0 Å². The van der Waals surface area contributed by atoms with Crippen molar-refractivity contribution in [1.82, 2.24) is 0 Å². The van der Waals surface area contributed by atoms with Crippen LogP contribution in [0.5, 0.6) is 5.75 Å². The first-order chi connectivity index (χ1) is 11.6. The first kappa shape index (κ1) is 17.9. The lowest BCUT2D eigenvalue weighted by Crippen LogP contribution is -2.08. The van der Waals surface area contributed by atoms with Crippen LogP contribution in [0.25, 0.3) is 0 Å². The number of nitro groups is 1. The lowest BCUT2D eigenvalue weighted by molar-refractivity contribution is -0.386. The summed E-state index contributed by atoms with van der Waals surface area (Å²) < 4.78 is 20.5. The number of nitro benzene ring substituents is 1. The van der Waals surface area contributed by atoms with Crippen molar-refractivity contribution >= 4 is 5.69 Å². The molecular formula is C19H21FNO3. The van der Waals surface area contributed by atoms with E-state index in [0.29, 0.717) is 12.8 Å². The number of nitrogens with zero attached hydrogens (tertiary/aromatic N) is 1. The first-order valence-corrected chi connectivity index (χ1v) is 8.01. The van der Waals surface area contributed by atoms with E-state index in [-0.39, 0.29) is 29.5 Å². The third-order valence-electron chi connectivity index (χ3n) is 3.95. The maximum Gasteiger partial charge on any atom is 0.276 e. The molecule has 0 aliphatic heterocycles. The average Bonchev–Trinajstić information content (AvgIpc) is 2.59. The van der Waals surface area contributed by atoms with Crippen molar-refractivity contribution in [3.05, 3.63) is 76.4 Å². The van der Waals surface area contributed by atoms with Crippen molar-refractivity contribution in [2.45, 2.75) is 38.7 Å². The maximum absolute atomic E-state index is 14.9. The second kappa shape index (κ2) is 8.43. The van der Waals surface area contributed by atoms with Gasteiger partial charge in [-0.2, -0.15) is 0 Å². The number of ether oxygens (including phenoxy) is 1. The molecule has 0 aromatic heterocycles. The molecule has 1 atom stereocenters. The predicted octanol–water partition coefficient (Wildman–Crippen LogP) is 5.42. The molecule has 0 aliphatic carbocycles. The molecular weight excluding hydrogens is 309 g/mol. The molecule has 0 heterocycles. The molecule has 0 N–H and O–H groups in total. The molecule has 24 heavy (non-hydrogen) atoms. The lowest BCUT2D eigenvalue weighted by Gasteiger charge is -2.17. The normalized spacial score (nSPS) is 12.0. The van der Waals surface area contributed by atoms with Crippen LogP contribution in [-0.4, -0.2) is 4.92 Å². The maximum atomic E-state index is 14.9.